The fourth-order valence-electron chi connectivity index (χ4n) is 3.53. The van der Waals surface area contributed by atoms with Gasteiger partial charge in [0.25, 0.3) is 0 Å². The first-order chi connectivity index (χ1) is 8.86. The van der Waals surface area contributed by atoms with Gasteiger partial charge in [0.1, 0.15) is 0 Å². The first-order valence-corrected chi connectivity index (χ1v) is 7.92. The molecule has 2 atom stereocenters. The molecule has 2 unspecified atom stereocenters. The van der Waals surface area contributed by atoms with Gasteiger partial charge in [-0.15, -0.1) is 0 Å². The Labute approximate surface area is 111 Å². The van der Waals surface area contributed by atoms with Crippen molar-refractivity contribution >= 4 is 0 Å². The highest BCUT2D eigenvalue weighted by molar-refractivity contribution is 4.91. The van der Waals surface area contributed by atoms with Crippen LogP contribution < -0.4 is 0 Å². The Kier molecular flexibility index (Phi) is 4.22. The second-order valence-corrected chi connectivity index (χ2v) is 6.37. The van der Waals surface area contributed by atoms with E-state index in [1.165, 1.54) is 51.7 Å². The van der Waals surface area contributed by atoms with E-state index in [0.717, 1.165) is 37.8 Å². The molecule has 1 aliphatic carbocycles. The van der Waals surface area contributed by atoms with Gasteiger partial charge in [0.2, 0.25) is 0 Å². The molecule has 0 aromatic heterocycles. The van der Waals surface area contributed by atoms with Gasteiger partial charge in [-0.05, 0) is 44.6 Å². The maximum atomic E-state index is 5.81. The number of piperazine rings is 1. The van der Waals surface area contributed by atoms with E-state index in [9.17, 15) is 0 Å². The third-order valence-electron chi connectivity index (χ3n) is 4.95. The Hall–Kier alpha value is -0.120. The van der Waals surface area contributed by atoms with Crippen molar-refractivity contribution in [2.75, 3.05) is 39.4 Å². The van der Waals surface area contributed by atoms with Crippen LogP contribution >= 0.6 is 0 Å². The molecule has 0 spiro atoms. The molecule has 2 heterocycles. The van der Waals surface area contributed by atoms with Crippen LogP contribution in [-0.2, 0) is 4.74 Å². The minimum atomic E-state index is 0.767. The van der Waals surface area contributed by atoms with Crippen molar-refractivity contribution < 1.29 is 4.74 Å². The summed E-state index contributed by atoms with van der Waals surface area (Å²) in [4.78, 5) is 5.41. The number of fused-ring (bicyclic) bond motifs is 1. The summed E-state index contributed by atoms with van der Waals surface area (Å²) in [5, 5.41) is 0. The average molecular weight is 252 g/mol. The second kappa shape index (κ2) is 5.89. The highest BCUT2D eigenvalue weighted by Crippen LogP contribution is 2.29. The quantitative estimate of drug-likeness (QED) is 0.672. The fourth-order valence-corrected chi connectivity index (χ4v) is 3.53. The third kappa shape index (κ3) is 3.06. The molecule has 2 aliphatic heterocycles. The first kappa shape index (κ1) is 12.9. The van der Waals surface area contributed by atoms with Gasteiger partial charge in [0.05, 0.1) is 6.61 Å². The van der Waals surface area contributed by atoms with E-state index >= 15 is 0 Å². The highest BCUT2D eigenvalue weighted by atomic mass is 16.5. The summed E-state index contributed by atoms with van der Waals surface area (Å²) in [6, 6.07) is 1.61. The Balaban J connectivity index is 1.43. The van der Waals surface area contributed by atoms with Crippen molar-refractivity contribution in [1.82, 2.24) is 9.80 Å². The summed E-state index contributed by atoms with van der Waals surface area (Å²) in [6.07, 6.45) is 6.91. The first-order valence-electron chi connectivity index (χ1n) is 7.92. The summed E-state index contributed by atoms with van der Waals surface area (Å²) in [5.74, 6) is 0.902. The van der Waals surface area contributed by atoms with Gasteiger partial charge in [0.15, 0.2) is 0 Å². The maximum Gasteiger partial charge on any atom is 0.0593 e. The molecule has 18 heavy (non-hydrogen) atoms. The van der Waals surface area contributed by atoms with Crippen LogP contribution in [0.5, 0.6) is 0 Å². The van der Waals surface area contributed by atoms with E-state index in [4.69, 9.17) is 4.74 Å². The molecule has 0 bridgehead atoms. The Morgan fingerprint density at radius 2 is 2.06 bits per heavy atom. The molecule has 3 nitrogen and oxygen atoms in total. The van der Waals surface area contributed by atoms with Crippen LogP contribution in [0, 0.1) is 5.92 Å². The van der Waals surface area contributed by atoms with E-state index in [1.807, 2.05) is 0 Å². The van der Waals surface area contributed by atoms with Crippen LogP contribution in [0.3, 0.4) is 0 Å². The molecule has 0 radical (unpaired) electrons. The standard InChI is InChI=1S/C15H28N2O/c1-2-14-10-16-7-3-4-15(16)11-17(14)8-9-18-12-13-5-6-13/h13-15H,2-12H2,1H3. The van der Waals surface area contributed by atoms with E-state index in [0.29, 0.717) is 0 Å². The summed E-state index contributed by atoms with van der Waals surface area (Å²) in [7, 11) is 0. The van der Waals surface area contributed by atoms with Crippen molar-refractivity contribution in [2.45, 2.75) is 51.1 Å². The molecule has 3 fully saturated rings. The van der Waals surface area contributed by atoms with Gasteiger partial charge < -0.3 is 4.74 Å². The van der Waals surface area contributed by atoms with Gasteiger partial charge in [-0.25, -0.2) is 0 Å². The van der Waals surface area contributed by atoms with Gasteiger partial charge in [-0.2, -0.15) is 0 Å². The summed E-state index contributed by atoms with van der Waals surface area (Å²) < 4.78 is 5.81. The van der Waals surface area contributed by atoms with E-state index in [1.54, 1.807) is 0 Å². The van der Waals surface area contributed by atoms with Crippen LogP contribution in [0.15, 0.2) is 0 Å². The zero-order chi connectivity index (χ0) is 12.4. The predicted octanol–water partition coefficient (Wildman–Crippen LogP) is 1.97. The zero-order valence-electron chi connectivity index (χ0n) is 11.8. The topological polar surface area (TPSA) is 15.7 Å². The van der Waals surface area contributed by atoms with Crippen molar-refractivity contribution in [2.24, 2.45) is 5.92 Å². The second-order valence-electron chi connectivity index (χ2n) is 6.37. The SMILES string of the molecule is CCC1CN2CCCC2CN1CCOCC1CC1. The lowest BCUT2D eigenvalue weighted by atomic mass is 10.1. The van der Waals surface area contributed by atoms with Gasteiger partial charge >= 0.3 is 0 Å². The molecule has 0 aromatic rings. The minimum absolute atomic E-state index is 0.767. The van der Waals surface area contributed by atoms with Crippen LogP contribution in [0.4, 0.5) is 0 Å². The zero-order valence-corrected chi connectivity index (χ0v) is 11.8. The van der Waals surface area contributed by atoms with Gasteiger partial charge in [0, 0.05) is 38.3 Å². The highest BCUT2D eigenvalue weighted by Gasteiger charge is 2.35. The monoisotopic (exact) mass is 252 g/mol. The van der Waals surface area contributed by atoms with Crippen LogP contribution in [0.2, 0.25) is 0 Å². The molecule has 0 aromatic carbocycles. The van der Waals surface area contributed by atoms with Gasteiger partial charge in [-0.3, -0.25) is 9.80 Å². The smallest absolute Gasteiger partial charge is 0.0593 e. The van der Waals surface area contributed by atoms with Gasteiger partial charge in [-0.1, -0.05) is 6.92 Å². The number of ether oxygens (including phenoxy) is 1. The molecule has 3 rings (SSSR count). The molecule has 2 saturated heterocycles. The van der Waals surface area contributed by atoms with Crippen LogP contribution in [0.25, 0.3) is 0 Å². The Morgan fingerprint density at radius 1 is 1.17 bits per heavy atom. The molecular formula is C15H28N2O. The van der Waals surface area contributed by atoms with Crippen molar-refractivity contribution in [1.29, 1.82) is 0 Å². The Bertz CT molecular complexity index is 267. The average Bonchev–Trinajstić information content (AvgIpc) is 3.10. The van der Waals surface area contributed by atoms with Crippen molar-refractivity contribution in [3.05, 3.63) is 0 Å². The van der Waals surface area contributed by atoms with E-state index < -0.39 is 0 Å². The molecule has 3 heteroatoms. The third-order valence-corrected chi connectivity index (χ3v) is 4.95. The minimum Gasteiger partial charge on any atom is -0.380 e. The largest absolute Gasteiger partial charge is 0.380 e. The maximum absolute atomic E-state index is 5.81. The van der Waals surface area contributed by atoms with E-state index in [2.05, 4.69) is 16.7 Å². The summed E-state index contributed by atoms with van der Waals surface area (Å²) >= 11 is 0. The van der Waals surface area contributed by atoms with Crippen LogP contribution in [0.1, 0.15) is 39.0 Å². The van der Waals surface area contributed by atoms with Crippen molar-refractivity contribution in [3.8, 4) is 0 Å². The lowest BCUT2D eigenvalue weighted by Gasteiger charge is -2.43. The molecule has 1 saturated carbocycles. The molecule has 3 aliphatic rings. The molecule has 0 amide bonds. The predicted molar refractivity (Wildman–Crippen MR) is 73.8 cm³/mol. The lowest BCUT2D eigenvalue weighted by Crippen LogP contribution is -2.56. The number of nitrogens with zero attached hydrogens (tertiary/aromatic N) is 2. The normalized spacial score (nSPS) is 33.8. The fraction of sp³-hybridized carbons (Fsp3) is 1.00. The molecular weight excluding hydrogens is 224 g/mol. The number of hydrogen-bond donors (Lipinski definition) is 0. The Morgan fingerprint density at radius 3 is 2.83 bits per heavy atom. The summed E-state index contributed by atoms with van der Waals surface area (Å²) in [6.45, 7) is 9.36. The number of hydrogen-bond acceptors (Lipinski definition) is 3. The van der Waals surface area contributed by atoms with E-state index in [-0.39, 0.29) is 0 Å². The lowest BCUT2D eigenvalue weighted by molar-refractivity contribution is 0.0211. The van der Waals surface area contributed by atoms with Crippen LogP contribution in [-0.4, -0.2) is 61.3 Å². The molecule has 0 N–H and O–H groups in total. The molecule has 104 valence electrons. The van der Waals surface area contributed by atoms with Crippen molar-refractivity contribution in [3.63, 3.8) is 0 Å². The summed E-state index contributed by atoms with van der Waals surface area (Å²) in [5.41, 5.74) is 0. The number of rotatable bonds is 6.